The molecule has 0 saturated carbocycles. The van der Waals surface area contributed by atoms with Gasteiger partial charge in [-0.15, -0.1) is 11.3 Å². The highest BCUT2D eigenvalue weighted by Gasteiger charge is 2.45. The summed E-state index contributed by atoms with van der Waals surface area (Å²) >= 11 is 1.36. The lowest BCUT2D eigenvalue weighted by Crippen LogP contribution is -2.59. The van der Waals surface area contributed by atoms with Crippen LogP contribution in [-0.4, -0.2) is 65.1 Å². The van der Waals surface area contributed by atoms with Crippen molar-refractivity contribution in [3.8, 4) is 16.2 Å². The Morgan fingerprint density at radius 3 is 2.44 bits per heavy atom. The quantitative estimate of drug-likeness (QED) is 0.431. The van der Waals surface area contributed by atoms with Gasteiger partial charge >= 0.3 is 12.1 Å². The number of ether oxygens (including phenoxy) is 1. The minimum atomic E-state index is -5.01. The number of benzene rings is 2. The molecular formula is C25H23F4N3O3S. The van der Waals surface area contributed by atoms with Crippen LogP contribution < -0.4 is 4.74 Å². The molecule has 0 N–H and O–H groups in total. The molecule has 190 valence electrons. The summed E-state index contributed by atoms with van der Waals surface area (Å²) in [4.78, 5) is 32.8. The number of halogens is 4. The highest BCUT2D eigenvalue weighted by atomic mass is 32.1. The van der Waals surface area contributed by atoms with Gasteiger partial charge in [0.25, 0.3) is 5.91 Å². The van der Waals surface area contributed by atoms with Crippen molar-refractivity contribution in [2.24, 2.45) is 0 Å². The van der Waals surface area contributed by atoms with Crippen molar-refractivity contribution < 1.29 is 31.9 Å². The Morgan fingerprint density at radius 2 is 1.78 bits per heavy atom. The van der Waals surface area contributed by atoms with Crippen molar-refractivity contribution in [3.63, 3.8) is 0 Å². The molecule has 11 heteroatoms. The fraction of sp³-hybridized carbons (Fsp3) is 0.320. The van der Waals surface area contributed by atoms with Gasteiger partial charge in [-0.25, -0.2) is 9.37 Å². The third kappa shape index (κ3) is 5.84. The maximum atomic E-state index is 13.6. The van der Waals surface area contributed by atoms with Gasteiger partial charge in [0.1, 0.15) is 17.3 Å². The third-order valence-corrected chi connectivity index (χ3v) is 6.80. The van der Waals surface area contributed by atoms with E-state index in [1.165, 1.54) is 40.5 Å². The van der Waals surface area contributed by atoms with Crippen molar-refractivity contribution in [2.45, 2.75) is 25.6 Å². The maximum absolute atomic E-state index is 13.6. The number of aromatic nitrogens is 1. The summed E-state index contributed by atoms with van der Waals surface area (Å²) in [5.74, 6) is -2.40. The Balaban J connectivity index is 1.56. The molecule has 1 fully saturated rings. The number of hydrogen-bond acceptors (Lipinski definition) is 5. The first-order chi connectivity index (χ1) is 17.1. The molecule has 1 aliphatic rings. The minimum absolute atomic E-state index is 0.0514. The van der Waals surface area contributed by atoms with Gasteiger partial charge in [-0.2, -0.15) is 13.2 Å². The Kier molecular flexibility index (Phi) is 7.58. The van der Waals surface area contributed by atoms with Crippen molar-refractivity contribution in [1.82, 2.24) is 14.8 Å². The summed E-state index contributed by atoms with van der Waals surface area (Å²) < 4.78 is 58.0. The molecule has 1 unspecified atom stereocenters. The monoisotopic (exact) mass is 521 g/mol. The van der Waals surface area contributed by atoms with E-state index >= 15 is 0 Å². The molecule has 2 amide bonds. The zero-order valence-electron chi connectivity index (χ0n) is 19.3. The van der Waals surface area contributed by atoms with Crippen LogP contribution in [0.1, 0.15) is 21.9 Å². The van der Waals surface area contributed by atoms with Crippen LogP contribution in [0.2, 0.25) is 0 Å². The zero-order valence-corrected chi connectivity index (χ0v) is 20.1. The van der Waals surface area contributed by atoms with Crippen LogP contribution in [0, 0.1) is 12.7 Å². The third-order valence-electron chi connectivity index (χ3n) is 5.78. The zero-order chi connectivity index (χ0) is 25.9. The van der Waals surface area contributed by atoms with Crippen LogP contribution >= 0.6 is 11.3 Å². The van der Waals surface area contributed by atoms with Crippen LogP contribution in [0.4, 0.5) is 17.6 Å². The number of carbonyl (C=O) groups excluding carboxylic acids is 2. The van der Waals surface area contributed by atoms with Gasteiger partial charge in [-0.3, -0.25) is 9.59 Å². The van der Waals surface area contributed by atoms with Crippen molar-refractivity contribution in [1.29, 1.82) is 0 Å². The predicted molar refractivity (Wildman–Crippen MR) is 126 cm³/mol. The first-order valence-electron chi connectivity index (χ1n) is 11.2. The molecule has 0 spiro atoms. The normalized spacial score (nSPS) is 16.2. The molecule has 0 aliphatic carbocycles. The molecule has 6 nitrogen and oxygen atoms in total. The molecular weight excluding hydrogens is 498 g/mol. The van der Waals surface area contributed by atoms with Gasteiger partial charge in [0.2, 0.25) is 0 Å². The number of nitrogens with zero attached hydrogens (tertiary/aromatic N) is 3. The van der Waals surface area contributed by atoms with Gasteiger partial charge < -0.3 is 14.5 Å². The Bertz CT molecular complexity index is 1220. The van der Waals surface area contributed by atoms with E-state index in [2.05, 4.69) is 4.98 Å². The summed E-state index contributed by atoms with van der Waals surface area (Å²) in [5, 5.41) is 0.680. The van der Waals surface area contributed by atoms with E-state index in [1.54, 1.807) is 6.92 Å². The average Bonchev–Trinajstić information content (AvgIpc) is 3.26. The van der Waals surface area contributed by atoms with Gasteiger partial charge in [0, 0.05) is 26.1 Å². The SMILES string of the molecule is Cc1nc(C(=O)N2CCN(C(=O)C(F)(F)F)CC2CCOc2ccc(F)cc2)c(-c2ccccc2)s1. The topological polar surface area (TPSA) is 62.7 Å². The highest BCUT2D eigenvalue weighted by Crippen LogP contribution is 2.32. The molecule has 36 heavy (non-hydrogen) atoms. The predicted octanol–water partition coefficient (Wildman–Crippen LogP) is 4.94. The standard InChI is InChI=1S/C25H23F4N3O3S/c1-16-30-21(22(36-16)17-5-3-2-4-6-17)23(33)32-13-12-31(24(34)25(27,28)29)15-19(32)11-14-35-20-9-7-18(26)8-10-20/h2-10,19H,11-15H2,1H3. The maximum Gasteiger partial charge on any atom is 0.471 e. The molecule has 4 rings (SSSR count). The molecule has 1 atom stereocenters. The summed E-state index contributed by atoms with van der Waals surface area (Å²) in [6.45, 7) is 1.22. The largest absolute Gasteiger partial charge is 0.494 e. The summed E-state index contributed by atoms with van der Waals surface area (Å²) in [5.41, 5.74) is 1.04. The molecule has 2 heterocycles. The number of thiazole rings is 1. The van der Waals surface area contributed by atoms with E-state index in [4.69, 9.17) is 4.74 Å². The molecule has 2 aromatic carbocycles. The van der Waals surface area contributed by atoms with Crippen LogP contribution in [0.3, 0.4) is 0 Å². The number of amides is 2. The van der Waals surface area contributed by atoms with E-state index < -0.39 is 29.8 Å². The van der Waals surface area contributed by atoms with Gasteiger partial charge in [-0.05, 0) is 36.8 Å². The van der Waals surface area contributed by atoms with E-state index in [0.717, 1.165) is 10.5 Å². The lowest BCUT2D eigenvalue weighted by molar-refractivity contribution is -0.187. The van der Waals surface area contributed by atoms with Crippen LogP contribution in [-0.2, 0) is 4.79 Å². The van der Waals surface area contributed by atoms with Gasteiger partial charge in [-0.1, -0.05) is 30.3 Å². The fourth-order valence-corrected chi connectivity index (χ4v) is 4.99. The number of aryl methyl sites for hydroxylation is 1. The highest BCUT2D eigenvalue weighted by molar-refractivity contribution is 7.15. The summed E-state index contributed by atoms with van der Waals surface area (Å²) in [6, 6.07) is 13.8. The second kappa shape index (κ2) is 10.7. The van der Waals surface area contributed by atoms with E-state index in [-0.39, 0.29) is 38.4 Å². The second-order valence-electron chi connectivity index (χ2n) is 8.27. The molecule has 1 saturated heterocycles. The Morgan fingerprint density at radius 1 is 1.08 bits per heavy atom. The van der Waals surface area contributed by atoms with E-state index in [0.29, 0.717) is 15.6 Å². The van der Waals surface area contributed by atoms with Gasteiger partial charge in [0.05, 0.1) is 22.5 Å². The number of carbonyl (C=O) groups is 2. The van der Waals surface area contributed by atoms with Gasteiger partial charge in [0.15, 0.2) is 0 Å². The number of piperazine rings is 1. The van der Waals surface area contributed by atoms with Crippen molar-refractivity contribution >= 4 is 23.2 Å². The Hall–Kier alpha value is -3.47. The smallest absolute Gasteiger partial charge is 0.471 e. The lowest BCUT2D eigenvalue weighted by Gasteiger charge is -2.41. The first kappa shape index (κ1) is 25.6. The fourth-order valence-electron chi connectivity index (χ4n) is 4.07. The molecule has 0 radical (unpaired) electrons. The lowest BCUT2D eigenvalue weighted by atomic mass is 10.1. The molecule has 3 aromatic rings. The number of rotatable bonds is 6. The second-order valence-corrected chi connectivity index (χ2v) is 9.47. The van der Waals surface area contributed by atoms with Crippen LogP contribution in [0.5, 0.6) is 5.75 Å². The average molecular weight is 522 g/mol. The van der Waals surface area contributed by atoms with Crippen molar-refractivity contribution in [3.05, 3.63) is 71.1 Å². The summed E-state index contributed by atoms with van der Waals surface area (Å²) in [6.07, 6.45) is -4.84. The van der Waals surface area contributed by atoms with E-state index in [1.807, 2.05) is 30.3 Å². The number of alkyl halides is 3. The molecule has 1 aliphatic heterocycles. The Labute approximate surface area is 209 Å². The minimum Gasteiger partial charge on any atom is -0.494 e. The molecule has 1 aromatic heterocycles. The van der Waals surface area contributed by atoms with Crippen molar-refractivity contribution in [2.75, 3.05) is 26.2 Å². The molecule has 0 bridgehead atoms. The first-order valence-corrected chi connectivity index (χ1v) is 12.0. The number of hydrogen-bond donors (Lipinski definition) is 0. The summed E-state index contributed by atoms with van der Waals surface area (Å²) in [7, 11) is 0. The van der Waals surface area contributed by atoms with E-state index in [9.17, 15) is 27.2 Å². The van der Waals surface area contributed by atoms with Crippen LogP contribution in [0.15, 0.2) is 54.6 Å². The van der Waals surface area contributed by atoms with Crippen LogP contribution in [0.25, 0.3) is 10.4 Å².